The molecular formula is C15H20N2O. The van der Waals surface area contributed by atoms with Crippen LogP contribution in [0.5, 0.6) is 0 Å². The van der Waals surface area contributed by atoms with E-state index in [0.29, 0.717) is 6.54 Å². The third-order valence-electron chi connectivity index (χ3n) is 3.12. The summed E-state index contributed by atoms with van der Waals surface area (Å²) in [5.41, 5.74) is 2.18. The number of para-hydroxylation sites is 1. The summed E-state index contributed by atoms with van der Waals surface area (Å²) in [7, 11) is 0. The van der Waals surface area contributed by atoms with Crippen LogP contribution in [0.25, 0.3) is 10.9 Å². The zero-order chi connectivity index (χ0) is 12.8. The molecule has 0 unspecified atom stereocenters. The monoisotopic (exact) mass is 244 g/mol. The minimum absolute atomic E-state index is 0.181. The lowest BCUT2D eigenvalue weighted by Crippen LogP contribution is -2.27. The first-order valence-electron chi connectivity index (χ1n) is 6.56. The van der Waals surface area contributed by atoms with Crippen LogP contribution in [0.4, 0.5) is 5.69 Å². The van der Waals surface area contributed by atoms with E-state index in [1.54, 1.807) is 0 Å². The highest BCUT2D eigenvalue weighted by Gasteiger charge is 2.09. The molecule has 0 saturated heterocycles. The van der Waals surface area contributed by atoms with Crippen molar-refractivity contribution in [2.24, 2.45) is 0 Å². The van der Waals surface area contributed by atoms with Crippen molar-refractivity contribution in [1.82, 2.24) is 4.98 Å². The normalized spacial score (nSPS) is 10.8. The van der Waals surface area contributed by atoms with Crippen LogP contribution in [0.2, 0.25) is 0 Å². The molecule has 0 amide bonds. The number of fused-ring (bicyclic) bond motifs is 1. The molecule has 1 aromatic carbocycles. The van der Waals surface area contributed by atoms with Crippen molar-refractivity contribution in [2.75, 3.05) is 24.6 Å². The minimum Gasteiger partial charge on any atom is -0.395 e. The lowest BCUT2D eigenvalue weighted by Gasteiger charge is -2.25. The summed E-state index contributed by atoms with van der Waals surface area (Å²) in [5.74, 6) is 0. The van der Waals surface area contributed by atoms with Gasteiger partial charge in [-0.3, -0.25) is 4.98 Å². The van der Waals surface area contributed by atoms with Crippen molar-refractivity contribution in [3.63, 3.8) is 0 Å². The third kappa shape index (κ3) is 2.79. The van der Waals surface area contributed by atoms with Crippen LogP contribution in [0.15, 0.2) is 36.5 Å². The zero-order valence-corrected chi connectivity index (χ0v) is 10.8. The van der Waals surface area contributed by atoms with Crippen LogP contribution in [-0.4, -0.2) is 29.8 Å². The van der Waals surface area contributed by atoms with E-state index in [9.17, 15) is 5.11 Å². The average Bonchev–Trinajstić information content (AvgIpc) is 2.43. The van der Waals surface area contributed by atoms with E-state index in [0.717, 1.165) is 30.3 Å². The van der Waals surface area contributed by atoms with Crippen LogP contribution in [0, 0.1) is 0 Å². The Bertz CT molecular complexity index is 493. The van der Waals surface area contributed by atoms with Crippen LogP contribution in [-0.2, 0) is 0 Å². The highest BCUT2D eigenvalue weighted by Crippen LogP contribution is 2.25. The number of unbranched alkanes of at least 4 members (excludes halogenated alkanes) is 1. The number of rotatable bonds is 6. The van der Waals surface area contributed by atoms with Crippen LogP contribution in [0.1, 0.15) is 19.8 Å². The zero-order valence-electron chi connectivity index (χ0n) is 10.8. The molecule has 1 heterocycles. The number of aromatic nitrogens is 1. The first-order chi connectivity index (χ1) is 8.86. The molecule has 18 heavy (non-hydrogen) atoms. The maximum absolute atomic E-state index is 9.21. The molecule has 2 rings (SSSR count). The molecule has 0 aliphatic heterocycles. The molecule has 0 bridgehead atoms. The van der Waals surface area contributed by atoms with Gasteiger partial charge in [-0.15, -0.1) is 0 Å². The van der Waals surface area contributed by atoms with Gasteiger partial charge in [-0.1, -0.05) is 31.5 Å². The average molecular weight is 244 g/mol. The summed E-state index contributed by atoms with van der Waals surface area (Å²) in [6, 6.07) is 10.2. The third-order valence-corrected chi connectivity index (χ3v) is 3.12. The predicted molar refractivity (Wildman–Crippen MR) is 75.9 cm³/mol. The molecule has 2 aromatic rings. The SMILES string of the molecule is CCCCN(CCO)c1ccnc2ccccc12. The first-order valence-corrected chi connectivity index (χ1v) is 6.56. The van der Waals surface area contributed by atoms with Gasteiger partial charge in [0.05, 0.1) is 12.1 Å². The summed E-state index contributed by atoms with van der Waals surface area (Å²) in [5, 5.41) is 10.4. The van der Waals surface area contributed by atoms with Gasteiger partial charge < -0.3 is 10.0 Å². The highest BCUT2D eigenvalue weighted by molar-refractivity contribution is 5.91. The van der Waals surface area contributed by atoms with E-state index in [2.05, 4.69) is 22.9 Å². The topological polar surface area (TPSA) is 36.4 Å². The Labute approximate surface area is 108 Å². The van der Waals surface area contributed by atoms with Gasteiger partial charge in [0.25, 0.3) is 0 Å². The molecule has 3 nitrogen and oxygen atoms in total. The maximum Gasteiger partial charge on any atom is 0.0722 e. The second-order valence-electron chi connectivity index (χ2n) is 4.41. The Morgan fingerprint density at radius 2 is 2.00 bits per heavy atom. The molecule has 96 valence electrons. The Balaban J connectivity index is 2.36. The van der Waals surface area contributed by atoms with Gasteiger partial charge in [-0.2, -0.15) is 0 Å². The molecule has 1 N–H and O–H groups in total. The number of benzene rings is 1. The molecule has 0 saturated carbocycles. The van der Waals surface area contributed by atoms with Crippen molar-refractivity contribution < 1.29 is 5.11 Å². The van der Waals surface area contributed by atoms with E-state index >= 15 is 0 Å². The van der Waals surface area contributed by atoms with Crippen LogP contribution < -0.4 is 4.90 Å². The smallest absolute Gasteiger partial charge is 0.0722 e. The van der Waals surface area contributed by atoms with Crippen molar-refractivity contribution >= 4 is 16.6 Å². The molecule has 0 fully saturated rings. The van der Waals surface area contributed by atoms with E-state index < -0.39 is 0 Å². The Morgan fingerprint density at radius 1 is 1.17 bits per heavy atom. The molecular weight excluding hydrogens is 224 g/mol. The number of hydrogen-bond donors (Lipinski definition) is 1. The number of anilines is 1. The number of aliphatic hydroxyl groups excluding tert-OH is 1. The van der Waals surface area contributed by atoms with Crippen molar-refractivity contribution in [2.45, 2.75) is 19.8 Å². The molecule has 0 radical (unpaired) electrons. The molecule has 0 atom stereocenters. The Morgan fingerprint density at radius 3 is 2.78 bits per heavy atom. The Hall–Kier alpha value is -1.61. The van der Waals surface area contributed by atoms with Crippen LogP contribution >= 0.6 is 0 Å². The quantitative estimate of drug-likeness (QED) is 0.849. The van der Waals surface area contributed by atoms with Gasteiger partial charge in [0.1, 0.15) is 0 Å². The predicted octanol–water partition coefficient (Wildman–Crippen LogP) is 2.83. The molecule has 3 heteroatoms. The van der Waals surface area contributed by atoms with E-state index in [4.69, 9.17) is 0 Å². The molecule has 1 aromatic heterocycles. The van der Waals surface area contributed by atoms with E-state index in [-0.39, 0.29) is 6.61 Å². The number of hydrogen-bond acceptors (Lipinski definition) is 3. The molecule has 0 aliphatic carbocycles. The van der Waals surface area contributed by atoms with Gasteiger partial charge in [-0.25, -0.2) is 0 Å². The number of aliphatic hydroxyl groups is 1. The largest absolute Gasteiger partial charge is 0.395 e. The first kappa shape index (κ1) is 12.8. The fourth-order valence-corrected chi connectivity index (χ4v) is 2.18. The van der Waals surface area contributed by atoms with Gasteiger partial charge >= 0.3 is 0 Å². The van der Waals surface area contributed by atoms with Gasteiger partial charge in [0.15, 0.2) is 0 Å². The lowest BCUT2D eigenvalue weighted by molar-refractivity contribution is 0.301. The van der Waals surface area contributed by atoms with Gasteiger partial charge in [0.2, 0.25) is 0 Å². The Kier molecular flexibility index (Phi) is 4.53. The number of nitrogens with zero attached hydrogens (tertiary/aromatic N) is 2. The summed E-state index contributed by atoms with van der Waals surface area (Å²) in [6.45, 7) is 4.02. The van der Waals surface area contributed by atoms with Gasteiger partial charge in [-0.05, 0) is 18.6 Å². The van der Waals surface area contributed by atoms with E-state index in [1.807, 2.05) is 30.5 Å². The fraction of sp³-hybridized carbons (Fsp3) is 0.400. The van der Waals surface area contributed by atoms with Gasteiger partial charge in [0, 0.05) is 30.4 Å². The van der Waals surface area contributed by atoms with Crippen molar-refractivity contribution in [3.8, 4) is 0 Å². The van der Waals surface area contributed by atoms with Crippen LogP contribution in [0.3, 0.4) is 0 Å². The number of pyridine rings is 1. The van der Waals surface area contributed by atoms with Crippen molar-refractivity contribution in [1.29, 1.82) is 0 Å². The summed E-state index contributed by atoms with van der Waals surface area (Å²) < 4.78 is 0. The molecule has 0 spiro atoms. The molecule has 0 aliphatic rings. The maximum atomic E-state index is 9.21. The second kappa shape index (κ2) is 6.36. The second-order valence-corrected chi connectivity index (χ2v) is 4.41. The summed E-state index contributed by atoms with van der Waals surface area (Å²) in [4.78, 5) is 6.62. The standard InChI is InChI=1S/C15H20N2O/c1-2-3-10-17(11-12-18)15-8-9-16-14-7-5-4-6-13(14)15/h4-9,18H,2-3,10-12H2,1H3. The minimum atomic E-state index is 0.181. The lowest BCUT2D eigenvalue weighted by atomic mass is 10.1. The van der Waals surface area contributed by atoms with E-state index in [1.165, 1.54) is 5.69 Å². The van der Waals surface area contributed by atoms with Crippen molar-refractivity contribution in [3.05, 3.63) is 36.5 Å². The summed E-state index contributed by atoms with van der Waals surface area (Å²) in [6.07, 6.45) is 4.13. The summed E-state index contributed by atoms with van der Waals surface area (Å²) >= 11 is 0. The highest BCUT2D eigenvalue weighted by atomic mass is 16.3. The fourth-order valence-electron chi connectivity index (χ4n) is 2.18.